The number of methoxy groups -OCH3 is 2. The largest absolute Gasteiger partial charge is 0.489 e. The zero-order chi connectivity index (χ0) is 26.5. The van der Waals surface area contributed by atoms with Gasteiger partial charge in [0.25, 0.3) is 0 Å². The minimum absolute atomic E-state index is 0.356. The van der Waals surface area contributed by atoms with Crippen molar-refractivity contribution >= 4 is 33.5 Å². The summed E-state index contributed by atoms with van der Waals surface area (Å²) >= 11 is 0. The Hall–Kier alpha value is -4.84. The first-order valence-corrected chi connectivity index (χ1v) is 12.1. The van der Waals surface area contributed by atoms with Crippen molar-refractivity contribution in [2.45, 2.75) is 13.2 Å². The second kappa shape index (κ2) is 11.0. The number of carbonyl (C=O) groups is 2. The van der Waals surface area contributed by atoms with Crippen molar-refractivity contribution in [1.82, 2.24) is 0 Å². The second-order valence-electron chi connectivity index (χ2n) is 8.83. The van der Waals surface area contributed by atoms with E-state index in [9.17, 15) is 9.59 Å². The van der Waals surface area contributed by atoms with E-state index in [1.807, 2.05) is 78.9 Å². The van der Waals surface area contributed by atoms with Gasteiger partial charge in [0.05, 0.1) is 25.3 Å². The van der Waals surface area contributed by atoms with E-state index < -0.39 is 0 Å². The fraction of sp³-hybridized carbons (Fsp3) is 0.125. The first-order valence-electron chi connectivity index (χ1n) is 12.1. The van der Waals surface area contributed by atoms with Gasteiger partial charge in [-0.1, -0.05) is 42.5 Å². The van der Waals surface area contributed by atoms with Crippen molar-refractivity contribution in [1.29, 1.82) is 0 Å². The molecule has 38 heavy (non-hydrogen) atoms. The van der Waals surface area contributed by atoms with Gasteiger partial charge in [0.1, 0.15) is 24.7 Å². The van der Waals surface area contributed by atoms with Crippen LogP contribution in [0.15, 0.2) is 97.1 Å². The predicted octanol–water partition coefficient (Wildman–Crippen LogP) is 6.72. The zero-order valence-electron chi connectivity index (χ0n) is 21.1. The van der Waals surface area contributed by atoms with Gasteiger partial charge in [-0.3, -0.25) is 0 Å². The molecule has 0 unspecified atom stereocenters. The number of fused-ring (bicyclic) bond motifs is 2. The van der Waals surface area contributed by atoms with Crippen molar-refractivity contribution in [2.24, 2.45) is 0 Å². The maximum Gasteiger partial charge on any atom is 0.337 e. The lowest BCUT2D eigenvalue weighted by Gasteiger charge is -2.11. The molecule has 0 heterocycles. The normalized spacial score (nSPS) is 10.8. The molecule has 5 aromatic rings. The maximum atomic E-state index is 11.8. The van der Waals surface area contributed by atoms with Crippen LogP contribution in [0.3, 0.4) is 0 Å². The highest BCUT2D eigenvalue weighted by molar-refractivity contribution is 5.96. The molecule has 0 radical (unpaired) electrons. The molecule has 0 aliphatic heterocycles. The second-order valence-corrected chi connectivity index (χ2v) is 8.83. The molecule has 0 aliphatic rings. The van der Waals surface area contributed by atoms with Gasteiger partial charge in [-0.05, 0) is 87.3 Å². The molecular formula is C32H26O6. The summed E-state index contributed by atoms with van der Waals surface area (Å²) in [6.45, 7) is 0.830. The number of benzene rings is 5. The molecule has 0 amide bonds. The van der Waals surface area contributed by atoms with Crippen LogP contribution in [0.4, 0.5) is 0 Å². The maximum absolute atomic E-state index is 11.8. The van der Waals surface area contributed by atoms with Crippen molar-refractivity contribution in [3.8, 4) is 11.5 Å². The van der Waals surface area contributed by atoms with Gasteiger partial charge >= 0.3 is 11.9 Å². The van der Waals surface area contributed by atoms with Crippen LogP contribution in [0, 0.1) is 0 Å². The van der Waals surface area contributed by atoms with Crippen molar-refractivity contribution in [2.75, 3.05) is 14.2 Å². The Morgan fingerprint density at radius 3 is 1.39 bits per heavy atom. The van der Waals surface area contributed by atoms with Crippen LogP contribution in [0.5, 0.6) is 11.5 Å². The summed E-state index contributed by atoms with van der Waals surface area (Å²) in [4.78, 5) is 23.5. The van der Waals surface area contributed by atoms with E-state index >= 15 is 0 Å². The molecule has 0 aromatic heterocycles. The Morgan fingerprint density at radius 1 is 0.526 bits per heavy atom. The Labute approximate surface area is 220 Å². The third kappa shape index (κ3) is 5.60. The first-order chi connectivity index (χ1) is 18.5. The van der Waals surface area contributed by atoms with Crippen LogP contribution in [-0.2, 0) is 22.7 Å². The summed E-state index contributed by atoms with van der Waals surface area (Å²) in [6, 6.07) is 30.5. The number of hydrogen-bond donors (Lipinski definition) is 0. The number of hydrogen-bond acceptors (Lipinski definition) is 6. The fourth-order valence-electron chi connectivity index (χ4n) is 4.26. The van der Waals surface area contributed by atoms with Gasteiger partial charge in [-0.25, -0.2) is 9.59 Å². The highest BCUT2D eigenvalue weighted by Crippen LogP contribution is 2.25. The summed E-state index contributed by atoms with van der Waals surface area (Å²) in [5.41, 5.74) is 3.09. The van der Waals surface area contributed by atoms with Crippen molar-refractivity contribution in [3.63, 3.8) is 0 Å². The van der Waals surface area contributed by atoms with E-state index in [0.717, 1.165) is 44.2 Å². The lowest BCUT2D eigenvalue weighted by molar-refractivity contribution is 0.0592. The Morgan fingerprint density at radius 2 is 0.947 bits per heavy atom. The molecule has 0 saturated carbocycles. The smallest absolute Gasteiger partial charge is 0.337 e. The molecule has 6 nitrogen and oxygen atoms in total. The van der Waals surface area contributed by atoms with Crippen LogP contribution < -0.4 is 9.47 Å². The average molecular weight is 507 g/mol. The van der Waals surface area contributed by atoms with Crippen LogP contribution >= 0.6 is 0 Å². The summed E-state index contributed by atoms with van der Waals surface area (Å²) in [6.07, 6.45) is 0. The third-order valence-corrected chi connectivity index (χ3v) is 6.27. The molecule has 0 spiro atoms. The van der Waals surface area contributed by atoms with Crippen LogP contribution in [0.25, 0.3) is 21.5 Å². The van der Waals surface area contributed by atoms with E-state index in [0.29, 0.717) is 24.3 Å². The van der Waals surface area contributed by atoms with Crippen LogP contribution in [0.2, 0.25) is 0 Å². The minimum atomic E-state index is -0.356. The molecule has 0 aliphatic carbocycles. The van der Waals surface area contributed by atoms with Crippen molar-refractivity contribution < 1.29 is 28.5 Å². The lowest BCUT2D eigenvalue weighted by Crippen LogP contribution is -2.01. The van der Waals surface area contributed by atoms with Gasteiger partial charge in [-0.2, -0.15) is 0 Å². The van der Waals surface area contributed by atoms with E-state index in [4.69, 9.17) is 18.9 Å². The lowest BCUT2D eigenvalue weighted by atomic mass is 10.1. The monoisotopic (exact) mass is 506 g/mol. The molecule has 5 rings (SSSR count). The van der Waals surface area contributed by atoms with Gasteiger partial charge in [-0.15, -0.1) is 0 Å². The summed E-state index contributed by atoms with van der Waals surface area (Å²) in [5.74, 6) is 0.782. The minimum Gasteiger partial charge on any atom is -0.489 e. The fourth-order valence-corrected chi connectivity index (χ4v) is 4.26. The quantitative estimate of drug-likeness (QED) is 0.218. The Balaban J connectivity index is 1.21. The Kier molecular flexibility index (Phi) is 7.22. The molecular weight excluding hydrogens is 480 g/mol. The van der Waals surface area contributed by atoms with Crippen LogP contribution in [0.1, 0.15) is 31.8 Å². The first kappa shape index (κ1) is 24.8. The average Bonchev–Trinajstić information content (AvgIpc) is 2.97. The highest BCUT2D eigenvalue weighted by Gasteiger charge is 2.08. The van der Waals surface area contributed by atoms with E-state index in [-0.39, 0.29) is 11.9 Å². The Bertz CT molecular complexity index is 1520. The number of ether oxygens (including phenoxy) is 4. The summed E-state index contributed by atoms with van der Waals surface area (Å²) < 4.78 is 21.7. The SMILES string of the molecule is COC(=O)c1ccc2cc(OCc3cccc(COc4ccc5cc(C(=O)OC)ccc5c4)c3)ccc2c1. The molecule has 6 heteroatoms. The molecule has 5 aromatic carbocycles. The van der Waals surface area contributed by atoms with Gasteiger partial charge in [0, 0.05) is 0 Å². The number of carbonyl (C=O) groups excluding carboxylic acids is 2. The molecule has 0 atom stereocenters. The third-order valence-electron chi connectivity index (χ3n) is 6.27. The zero-order valence-corrected chi connectivity index (χ0v) is 21.1. The van der Waals surface area contributed by atoms with Gasteiger partial charge < -0.3 is 18.9 Å². The predicted molar refractivity (Wildman–Crippen MR) is 146 cm³/mol. The molecule has 190 valence electrons. The molecule has 0 fully saturated rings. The summed E-state index contributed by atoms with van der Waals surface area (Å²) in [7, 11) is 2.75. The van der Waals surface area contributed by atoms with Crippen LogP contribution in [-0.4, -0.2) is 26.2 Å². The number of esters is 2. The van der Waals surface area contributed by atoms with Gasteiger partial charge in [0.15, 0.2) is 0 Å². The number of rotatable bonds is 8. The summed E-state index contributed by atoms with van der Waals surface area (Å²) in [5, 5.41) is 3.84. The molecule has 0 bridgehead atoms. The topological polar surface area (TPSA) is 71.1 Å². The van der Waals surface area contributed by atoms with E-state index in [1.165, 1.54) is 14.2 Å². The van der Waals surface area contributed by atoms with Crippen molar-refractivity contribution in [3.05, 3.63) is 119 Å². The van der Waals surface area contributed by atoms with E-state index in [1.54, 1.807) is 12.1 Å². The highest BCUT2D eigenvalue weighted by atomic mass is 16.5. The standard InChI is InChI=1S/C32H26O6/c1-35-31(33)27-8-6-25-17-29(12-10-23(25)15-27)37-19-21-4-3-5-22(14-21)20-38-30-13-11-24-16-28(32(34)36-2)9-7-26(24)18-30/h3-18H,19-20H2,1-2H3. The van der Waals surface area contributed by atoms with Gasteiger partial charge in [0.2, 0.25) is 0 Å². The van der Waals surface area contributed by atoms with E-state index in [2.05, 4.69) is 6.07 Å². The molecule has 0 saturated heterocycles. The molecule has 0 N–H and O–H groups in total.